The second-order valence-corrected chi connectivity index (χ2v) is 7.75. The van der Waals surface area contributed by atoms with E-state index in [-0.39, 0.29) is 6.42 Å². The summed E-state index contributed by atoms with van der Waals surface area (Å²) in [7, 11) is 0. The number of nitrogens with two attached hydrogens (primary N) is 1. The number of carbonyl (C=O) groups is 2. The number of nitrogens with one attached hydrogen (secondary N) is 1. The molecule has 7 heteroatoms. The lowest BCUT2D eigenvalue weighted by Gasteiger charge is -2.17. The van der Waals surface area contributed by atoms with Crippen molar-refractivity contribution < 1.29 is 14.7 Å². The van der Waals surface area contributed by atoms with E-state index < -0.39 is 11.9 Å². The zero-order valence-corrected chi connectivity index (χ0v) is 17.9. The highest BCUT2D eigenvalue weighted by Gasteiger charge is 2.16. The molecule has 1 amide bonds. The Balaban J connectivity index is 1.79. The SMILES string of the molecule is Cc1nc(-c2ccc(-c3ccc(CCC(=O)O)n3-c3ccc(C(N)=O)cc3C)cc2)c[nH]1. The van der Waals surface area contributed by atoms with Crippen molar-refractivity contribution in [1.29, 1.82) is 0 Å². The maximum atomic E-state index is 11.6. The van der Waals surface area contributed by atoms with Crippen LogP contribution in [0.4, 0.5) is 0 Å². The standard InChI is InChI=1S/C25H24N4O3/c1-15-13-19(25(26)32)7-10-22(15)29-20(9-12-24(30)31)8-11-23(29)18-5-3-17(4-6-18)21-14-27-16(2)28-21/h3-8,10-11,13-14H,9,12H2,1-2H3,(H2,26,32)(H,27,28)(H,30,31). The molecule has 0 aliphatic carbocycles. The molecule has 0 aliphatic rings. The third-order valence-electron chi connectivity index (χ3n) is 5.46. The molecule has 162 valence electrons. The largest absolute Gasteiger partial charge is 0.481 e. The Kier molecular flexibility index (Phi) is 5.64. The van der Waals surface area contributed by atoms with E-state index in [1.165, 1.54) is 0 Å². The van der Waals surface area contributed by atoms with Crippen molar-refractivity contribution in [1.82, 2.24) is 14.5 Å². The van der Waals surface area contributed by atoms with Gasteiger partial charge in [-0.25, -0.2) is 4.98 Å². The van der Waals surface area contributed by atoms with E-state index in [2.05, 4.69) is 14.5 Å². The van der Waals surface area contributed by atoms with Crippen molar-refractivity contribution in [2.75, 3.05) is 0 Å². The van der Waals surface area contributed by atoms with Crippen LogP contribution >= 0.6 is 0 Å². The van der Waals surface area contributed by atoms with E-state index in [0.29, 0.717) is 12.0 Å². The van der Waals surface area contributed by atoms with E-state index in [1.54, 1.807) is 12.1 Å². The van der Waals surface area contributed by atoms with Gasteiger partial charge in [0, 0.05) is 28.7 Å². The van der Waals surface area contributed by atoms with Crippen LogP contribution in [0, 0.1) is 13.8 Å². The minimum atomic E-state index is -0.848. The van der Waals surface area contributed by atoms with Crippen LogP contribution in [0.2, 0.25) is 0 Å². The fourth-order valence-electron chi connectivity index (χ4n) is 3.86. The molecule has 2 aromatic carbocycles. The summed E-state index contributed by atoms with van der Waals surface area (Å²) in [5.74, 6) is -0.475. The molecule has 0 saturated carbocycles. The van der Waals surface area contributed by atoms with Gasteiger partial charge in [0.15, 0.2) is 0 Å². The molecule has 0 unspecified atom stereocenters. The molecular formula is C25H24N4O3. The number of aliphatic carboxylic acids is 1. The van der Waals surface area contributed by atoms with Crippen molar-refractivity contribution in [3.8, 4) is 28.2 Å². The van der Waals surface area contributed by atoms with Crippen LogP contribution in [0.25, 0.3) is 28.2 Å². The van der Waals surface area contributed by atoms with Gasteiger partial charge in [0.1, 0.15) is 5.82 Å². The van der Waals surface area contributed by atoms with Gasteiger partial charge in [0.25, 0.3) is 0 Å². The maximum Gasteiger partial charge on any atom is 0.303 e. The number of hydrogen-bond acceptors (Lipinski definition) is 3. The molecule has 4 N–H and O–H groups in total. The molecule has 0 radical (unpaired) electrons. The number of carbonyl (C=O) groups excluding carboxylic acids is 1. The molecule has 32 heavy (non-hydrogen) atoms. The molecule has 0 fully saturated rings. The summed E-state index contributed by atoms with van der Waals surface area (Å²) in [5.41, 5.74) is 12.3. The Morgan fingerprint density at radius 3 is 2.34 bits per heavy atom. The first-order chi connectivity index (χ1) is 15.3. The number of carboxylic acids is 1. The third kappa shape index (κ3) is 4.18. The van der Waals surface area contributed by atoms with E-state index in [9.17, 15) is 14.7 Å². The van der Waals surface area contributed by atoms with Gasteiger partial charge in [0.05, 0.1) is 17.8 Å². The average molecular weight is 428 g/mol. The number of nitrogens with zero attached hydrogens (tertiary/aromatic N) is 2. The predicted molar refractivity (Wildman–Crippen MR) is 123 cm³/mol. The smallest absolute Gasteiger partial charge is 0.303 e. The van der Waals surface area contributed by atoms with Gasteiger partial charge in [-0.3, -0.25) is 9.59 Å². The molecule has 4 aromatic rings. The van der Waals surface area contributed by atoms with E-state index in [1.807, 2.05) is 62.5 Å². The first-order valence-electron chi connectivity index (χ1n) is 10.3. The summed E-state index contributed by atoms with van der Waals surface area (Å²) in [6.07, 6.45) is 2.29. The monoisotopic (exact) mass is 428 g/mol. The average Bonchev–Trinajstić information content (AvgIpc) is 3.38. The van der Waals surface area contributed by atoms with Crippen LogP contribution in [0.5, 0.6) is 0 Å². The second-order valence-electron chi connectivity index (χ2n) is 7.75. The number of H-pyrrole nitrogens is 1. The summed E-state index contributed by atoms with van der Waals surface area (Å²) < 4.78 is 2.05. The maximum absolute atomic E-state index is 11.6. The lowest BCUT2D eigenvalue weighted by Crippen LogP contribution is -2.12. The Morgan fingerprint density at radius 1 is 1.03 bits per heavy atom. The van der Waals surface area contributed by atoms with Crippen LogP contribution in [-0.4, -0.2) is 31.5 Å². The van der Waals surface area contributed by atoms with Crippen molar-refractivity contribution in [3.63, 3.8) is 0 Å². The molecule has 7 nitrogen and oxygen atoms in total. The van der Waals surface area contributed by atoms with Gasteiger partial charge in [-0.2, -0.15) is 0 Å². The number of hydrogen-bond donors (Lipinski definition) is 3. The third-order valence-corrected chi connectivity index (χ3v) is 5.46. The number of aromatic nitrogens is 3. The zero-order chi connectivity index (χ0) is 22.8. The molecule has 0 atom stereocenters. The molecule has 2 aromatic heterocycles. The summed E-state index contributed by atoms with van der Waals surface area (Å²) in [5, 5.41) is 9.18. The minimum absolute atomic E-state index is 0.0271. The molecule has 0 spiro atoms. The predicted octanol–water partition coefficient (Wildman–Crippen LogP) is 4.27. The molecule has 0 saturated heterocycles. The van der Waals surface area contributed by atoms with E-state index in [0.717, 1.165) is 45.3 Å². The first kappa shape index (κ1) is 21.1. The van der Waals surface area contributed by atoms with Crippen molar-refractivity contribution in [3.05, 3.63) is 83.4 Å². The summed E-state index contributed by atoms with van der Waals surface area (Å²) in [4.78, 5) is 30.3. The molecule has 4 rings (SSSR count). The molecule has 0 aliphatic heterocycles. The van der Waals surface area contributed by atoms with Gasteiger partial charge in [-0.1, -0.05) is 24.3 Å². The van der Waals surface area contributed by atoms with Crippen LogP contribution in [0.1, 0.15) is 33.9 Å². The van der Waals surface area contributed by atoms with Crippen LogP contribution < -0.4 is 5.73 Å². The molecule has 0 bridgehead atoms. The number of rotatable bonds is 7. The Hall–Kier alpha value is -4.13. The Bertz CT molecular complexity index is 1300. The van der Waals surface area contributed by atoms with E-state index in [4.69, 9.17) is 5.73 Å². The fourth-order valence-corrected chi connectivity index (χ4v) is 3.86. The Morgan fingerprint density at radius 2 is 1.75 bits per heavy atom. The molecule has 2 heterocycles. The lowest BCUT2D eigenvalue weighted by atomic mass is 10.1. The highest BCUT2D eigenvalue weighted by atomic mass is 16.4. The number of aromatic amines is 1. The number of primary amides is 1. The topological polar surface area (TPSA) is 114 Å². The fraction of sp³-hybridized carbons (Fsp3) is 0.160. The van der Waals surface area contributed by atoms with Gasteiger partial charge < -0.3 is 20.4 Å². The quantitative estimate of drug-likeness (QED) is 0.408. The van der Waals surface area contributed by atoms with Crippen molar-refractivity contribution >= 4 is 11.9 Å². The normalized spacial score (nSPS) is 10.9. The highest BCUT2D eigenvalue weighted by Crippen LogP contribution is 2.31. The van der Waals surface area contributed by atoms with Gasteiger partial charge in [-0.05, 0) is 61.7 Å². The first-order valence-corrected chi connectivity index (χ1v) is 10.3. The van der Waals surface area contributed by atoms with E-state index >= 15 is 0 Å². The highest BCUT2D eigenvalue weighted by molar-refractivity contribution is 5.93. The van der Waals surface area contributed by atoms with Crippen molar-refractivity contribution in [2.24, 2.45) is 5.73 Å². The zero-order valence-electron chi connectivity index (χ0n) is 17.9. The summed E-state index contributed by atoms with van der Waals surface area (Å²) in [6.45, 7) is 3.82. The number of imidazole rings is 1. The van der Waals surface area contributed by atoms with Crippen LogP contribution in [-0.2, 0) is 11.2 Å². The second kappa shape index (κ2) is 8.55. The van der Waals surface area contributed by atoms with Gasteiger partial charge in [0.2, 0.25) is 5.91 Å². The van der Waals surface area contributed by atoms with Gasteiger partial charge >= 0.3 is 5.97 Å². The van der Waals surface area contributed by atoms with Crippen LogP contribution in [0.15, 0.2) is 60.8 Å². The van der Waals surface area contributed by atoms with Crippen molar-refractivity contribution in [2.45, 2.75) is 26.7 Å². The molecular weight excluding hydrogens is 404 g/mol. The number of aryl methyl sites for hydroxylation is 3. The summed E-state index contributed by atoms with van der Waals surface area (Å²) >= 11 is 0. The number of carboxylic acid groups (broad SMARTS) is 1. The van der Waals surface area contributed by atoms with Gasteiger partial charge in [-0.15, -0.1) is 0 Å². The number of benzene rings is 2. The minimum Gasteiger partial charge on any atom is -0.481 e. The number of amides is 1. The lowest BCUT2D eigenvalue weighted by molar-refractivity contribution is -0.136. The van der Waals surface area contributed by atoms with Crippen LogP contribution in [0.3, 0.4) is 0 Å². The summed E-state index contributed by atoms with van der Waals surface area (Å²) in [6, 6.07) is 17.3. The Labute approximate surface area is 185 Å².